The van der Waals surface area contributed by atoms with Gasteiger partial charge in [-0.05, 0) is 43.2 Å². The van der Waals surface area contributed by atoms with Crippen LogP contribution in [0.1, 0.15) is 25.7 Å². The van der Waals surface area contributed by atoms with Gasteiger partial charge in [0.25, 0.3) is 0 Å². The average Bonchev–Trinajstić information content (AvgIpc) is 2.40. The number of carboxylic acid groups (broad SMARTS) is 1. The van der Waals surface area contributed by atoms with Crippen molar-refractivity contribution in [1.29, 1.82) is 0 Å². The lowest BCUT2D eigenvalue weighted by Crippen LogP contribution is -2.51. The van der Waals surface area contributed by atoms with Crippen LogP contribution in [-0.2, 0) is 0 Å². The molecule has 1 aliphatic carbocycles. The van der Waals surface area contributed by atoms with Crippen molar-refractivity contribution >= 4 is 6.09 Å². The summed E-state index contributed by atoms with van der Waals surface area (Å²) >= 11 is 0. The molecular weight excluding hydrogens is 280 g/mol. The Morgan fingerprint density at radius 3 is 2.52 bits per heavy atom. The molecule has 6 heteroatoms. The molecule has 21 heavy (non-hydrogen) atoms. The second kappa shape index (κ2) is 5.16. The van der Waals surface area contributed by atoms with Crippen molar-refractivity contribution in [2.45, 2.75) is 31.8 Å². The summed E-state index contributed by atoms with van der Waals surface area (Å²) in [6.07, 6.45) is 2.32. The summed E-state index contributed by atoms with van der Waals surface area (Å²) in [5, 5.41) is 8.93. The van der Waals surface area contributed by atoms with E-state index in [4.69, 9.17) is 9.84 Å². The summed E-state index contributed by atoms with van der Waals surface area (Å²) in [6.45, 7) is 1.10. The predicted octanol–water partition coefficient (Wildman–Crippen LogP) is 3.27. The lowest BCUT2D eigenvalue weighted by atomic mass is 9.61. The van der Waals surface area contributed by atoms with Gasteiger partial charge in [-0.1, -0.05) is 0 Å². The van der Waals surface area contributed by atoms with E-state index >= 15 is 0 Å². The number of ether oxygens (including phenoxy) is 1. The Bertz CT molecular complexity index is 548. The molecule has 2 fully saturated rings. The van der Waals surface area contributed by atoms with Gasteiger partial charge in [0, 0.05) is 19.2 Å². The minimum absolute atomic E-state index is 0.0682. The fourth-order valence-electron chi connectivity index (χ4n) is 3.32. The molecule has 1 aromatic rings. The number of carbonyl (C=O) groups is 1. The highest BCUT2D eigenvalue weighted by molar-refractivity contribution is 5.65. The van der Waals surface area contributed by atoms with E-state index in [9.17, 15) is 13.6 Å². The highest BCUT2D eigenvalue weighted by Crippen LogP contribution is 2.50. The van der Waals surface area contributed by atoms with Crippen LogP contribution in [0.15, 0.2) is 18.2 Å². The number of piperidine rings is 1. The molecule has 1 amide bonds. The average molecular weight is 297 g/mol. The van der Waals surface area contributed by atoms with Crippen LogP contribution in [0.25, 0.3) is 0 Å². The third-order valence-corrected chi connectivity index (χ3v) is 4.60. The third-order valence-electron chi connectivity index (χ3n) is 4.60. The van der Waals surface area contributed by atoms with Crippen molar-refractivity contribution in [3.63, 3.8) is 0 Å². The molecule has 1 spiro atoms. The van der Waals surface area contributed by atoms with Crippen LogP contribution in [-0.4, -0.2) is 35.3 Å². The zero-order chi connectivity index (χ0) is 15.0. The van der Waals surface area contributed by atoms with E-state index in [1.165, 1.54) is 17.0 Å². The van der Waals surface area contributed by atoms with Gasteiger partial charge in [-0.15, -0.1) is 0 Å². The van der Waals surface area contributed by atoms with Crippen molar-refractivity contribution in [2.75, 3.05) is 13.1 Å². The molecule has 2 aliphatic rings. The number of benzene rings is 1. The maximum atomic E-state index is 13.5. The maximum Gasteiger partial charge on any atom is 0.407 e. The molecule has 0 aromatic heterocycles. The quantitative estimate of drug-likeness (QED) is 0.911. The van der Waals surface area contributed by atoms with Crippen molar-refractivity contribution in [2.24, 2.45) is 5.41 Å². The fourth-order valence-corrected chi connectivity index (χ4v) is 3.32. The first-order valence-electron chi connectivity index (χ1n) is 7.07. The standard InChI is InChI=1S/C15H17F2NO3/c16-10-1-2-13(12(17)7-10)21-11-8-15(9-11)3-5-18(6-4-15)14(19)20/h1-2,7,11H,3-6,8-9H2,(H,19,20). The molecule has 1 aliphatic heterocycles. The van der Waals surface area contributed by atoms with Gasteiger partial charge in [0.1, 0.15) is 5.82 Å². The van der Waals surface area contributed by atoms with E-state index in [0.717, 1.165) is 31.7 Å². The van der Waals surface area contributed by atoms with E-state index in [0.29, 0.717) is 13.1 Å². The minimum Gasteiger partial charge on any atom is -0.487 e. The first-order valence-corrected chi connectivity index (χ1v) is 7.07. The summed E-state index contributed by atoms with van der Waals surface area (Å²) in [4.78, 5) is 12.3. The Kier molecular flexibility index (Phi) is 3.47. The second-order valence-electron chi connectivity index (χ2n) is 5.99. The number of hydrogen-bond donors (Lipinski definition) is 1. The van der Waals surface area contributed by atoms with Crippen molar-refractivity contribution in [3.05, 3.63) is 29.8 Å². The Labute approximate surface area is 121 Å². The van der Waals surface area contributed by atoms with Gasteiger partial charge in [0.2, 0.25) is 0 Å². The minimum atomic E-state index is -0.870. The van der Waals surface area contributed by atoms with E-state index in [1.54, 1.807) is 0 Å². The molecule has 1 heterocycles. The maximum absolute atomic E-state index is 13.5. The zero-order valence-electron chi connectivity index (χ0n) is 11.5. The van der Waals surface area contributed by atoms with Gasteiger partial charge in [-0.3, -0.25) is 0 Å². The van der Waals surface area contributed by atoms with Gasteiger partial charge in [0.15, 0.2) is 11.6 Å². The van der Waals surface area contributed by atoms with E-state index in [1.807, 2.05) is 0 Å². The molecule has 0 bridgehead atoms. The highest BCUT2D eigenvalue weighted by Gasteiger charge is 2.47. The van der Waals surface area contributed by atoms with E-state index < -0.39 is 17.7 Å². The highest BCUT2D eigenvalue weighted by atomic mass is 19.1. The van der Waals surface area contributed by atoms with Crippen molar-refractivity contribution in [3.8, 4) is 5.75 Å². The smallest absolute Gasteiger partial charge is 0.407 e. The first-order chi connectivity index (χ1) is 9.97. The van der Waals surface area contributed by atoms with Crippen LogP contribution in [0.4, 0.5) is 13.6 Å². The fraction of sp³-hybridized carbons (Fsp3) is 0.533. The molecule has 114 valence electrons. The summed E-state index contributed by atoms with van der Waals surface area (Å²) in [5.41, 5.74) is 0.132. The number of amides is 1. The van der Waals surface area contributed by atoms with Crippen LogP contribution in [0.5, 0.6) is 5.75 Å². The molecular formula is C15H17F2NO3. The Morgan fingerprint density at radius 2 is 1.95 bits per heavy atom. The molecule has 0 atom stereocenters. The molecule has 1 aromatic carbocycles. The second-order valence-corrected chi connectivity index (χ2v) is 5.99. The van der Waals surface area contributed by atoms with Crippen LogP contribution in [0.3, 0.4) is 0 Å². The SMILES string of the molecule is O=C(O)N1CCC2(CC1)CC(Oc1ccc(F)cc1F)C2. The third kappa shape index (κ3) is 2.80. The summed E-state index contributed by atoms with van der Waals surface area (Å²) in [7, 11) is 0. The van der Waals surface area contributed by atoms with Gasteiger partial charge in [0.05, 0.1) is 6.10 Å². The van der Waals surface area contributed by atoms with Gasteiger partial charge in [-0.2, -0.15) is 0 Å². The molecule has 1 saturated heterocycles. The normalized spacial score (nSPS) is 21.1. The van der Waals surface area contributed by atoms with Crippen LogP contribution in [0, 0.1) is 17.0 Å². The first kappa shape index (κ1) is 14.1. The summed E-state index contributed by atoms with van der Waals surface area (Å²) < 4.78 is 31.9. The lowest BCUT2D eigenvalue weighted by molar-refractivity contribution is -0.0528. The molecule has 0 radical (unpaired) electrons. The molecule has 3 rings (SSSR count). The molecule has 4 nitrogen and oxygen atoms in total. The molecule has 0 unspecified atom stereocenters. The Morgan fingerprint density at radius 1 is 1.29 bits per heavy atom. The van der Waals surface area contributed by atoms with Crippen LogP contribution in [0.2, 0.25) is 0 Å². The largest absolute Gasteiger partial charge is 0.487 e. The topological polar surface area (TPSA) is 49.8 Å². The summed E-state index contributed by atoms with van der Waals surface area (Å²) in [6, 6.07) is 3.30. The van der Waals surface area contributed by atoms with Crippen molar-refractivity contribution in [1.82, 2.24) is 4.90 Å². The number of rotatable bonds is 2. The number of hydrogen-bond acceptors (Lipinski definition) is 2. The van der Waals surface area contributed by atoms with Crippen molar-refractivity contribution < 1.29 is 23.4 Å². The van der Waals surface area contributed by atoms with Gasteiger partial charge >= 0.3 is 6.09 Å². The predicted molar refractivity (Wildman–Crippen MR) is 71.3 cm³/mol. The molecule has 1 N–H and O–H groups in total. The number of halogens is 2. The zero-order valence-corrected chi connectivity index (χ0v) is 11.5. The van der Waals surface area contributed by atoms with Crippen LogP contribution < -0.4 is 4.74 Å². The molecule has 1 saturated carbocycles. The Hall–Kier alpha value is -1.85. The van der Waals surface area contributed by atoms with Gasteiger partial charge in [-0.25, -0.2) is 13.6 Å². The van der Waals surface area contributed by atoms with E-state index in [2.05, 4.69) is 0 Å². The number of nitrogens with zero attached hydrogens (tertiary/aromatic N) is 1. The van der Waals surface area contributed by atoms with E-state index in [-0.39, 0.29) is 17.3 Å². The van der Waals surface area contributed by atoms with Crippen LogP contribution >= 0.6 is 0 Å². The lowest BCUT2D eigenvalue weighted by Gasteiger charge is -2.51. The summed E-state index contributed by atoms with van der Waals surface area (Å²) in [5.74, 6) is -1.22. The van der Waals surface area contributed by atoms with Gasteiger partial charge < -0.3 is 14.7 Å². The number of likely N-dealkylation sites (tertiary alicyclic amines) is 1. The Balaban J connectivity index is 1.53. The monoisotopic (exact) mass is 297 g/mol.